The van der Waals surface area contributed by atoms with Crippen LogP contribution < -0.4 is 14.4 Å². The molecular formula is C30H32ClN3O5S. The van der Waals surface area contributed by atoms with Crippen LogP contribution in [-0.2, 0) is 16.6 Å². The molecule has 10 heteroatoms. The highest BCUT2D eigenvalue weighted by molar-refractivity contribution is 7.92. The van der Waals surface area contributed by atoms with Crippen LogP contribution in [0.25, 0.3) is 21.8 Å². The number of hydrogen-bond acceptors (Lipinski definition) is 6. The van der Waals surface area contributed by atoms with E-state index in [-0.39, 0.29) is 42.5 Å². The number of aromatic hydroxyl groups is 1. The number of hydrogen-bond donors (Lipinski definition) is 4. The fourth-order valence-electron chi connectivity index (χ4n) is 4.66. The summed E-state index contributed by atoms with van der Waals surface area (Å²) in [7, 11) is -3.70. The molecule has 4 N–H and O–H groups in total. The summed E-state index contributed by atoms with van der Waals surface area (Å²) in [5, 5.41) is 27.1. The number of fused-ring (bicyclic) bond motifs is 3. The molecule has 0 fully saturated rings. The van der Waals surface area contributed by atoms with Crippen LogP contribution in [0.5, 0.6) is 11.5 Å². The predicted octanol–water partition coefficient (Wildman–Crippen LogP) is 5.12. The van der Waals surface area contributed by atoms with Crippen molar-refractivity contribution < 1.29 is 23.4 Å². The fraction of sp³-hybridized carbons (Fsp3) is 0.200. The van der Waals surface area contributed by atoms with Crippen molar-refractivity contribution in [2.24, 2.45) is 0 Å². The first-order chi connectivity index (χ1) is 18.8. The second-order valence-corrected chi connectivity index (χ2v) is 11.3. The third-order valence-electron chi connectivity index (χ3n) is 6.61. The molecule has 0 saturated carbocycles. The Morgan fingerprint density at radius 3 is 2.42 bits per heavy atom. The van der Waals surface area contributed by atoms with Gasteiger partial charge < -0.3 is 25.3 Å². The number of aromatic amines is 1. The van der Waals surface area contributed by atoms with Crippen LogP contribution in [0.15, 0.2) is 91.0 Å². The van der Waals surface area contributed by atoms with Gasteiger partial charge in [0.25, 0.3) is 0 Å². The van der Waals surface area contributed by atoms with Crippen LogP contribution in [0.2, 0.25) is 0 Å². The molecule has 5 rings (SSSR count). The number of benzene rings is 4. The molecule has 0 amide bonds. The summed E-state index contributed by atoms with van der Waals surface area (Å²) in [4.78, 5) is 3.40. The quantitative estimate of drug-likeness (QED) is 0.161. The summed E-state index contributed by atoms with van der Waals surface area (Å²) in [6.45, 7) is 1.06. The summed E-state index contributed by atoms with van der Waals surface area (Å²) >= 11 is 0. The number of phenols is 1. The van der Waals surface area contributed by atoms with E-state index < -0.39 is 16.1 Å². The Hall–Kier alpha value is -3.76. The minimum absolute atomic E-state index is 0. The van der Waals surface area contributed by atoms with Crippen LogP contribution >= 0.6 is 12.4 Å². The van der Waals surface area contributed by atoms with E-state index in [1.165, 1.54) is 11.5 Å². The molecule has 0 aliphatic carbocycles. The molecule has 0 aliphatic rings. The maximum absolute atomic E-state index is 12.6. The van der Waals surface area contributed by atoms with E-state index in [4.69, 9.17) is 4.74 Å². The number of sulfonamides is 1. The van der Waals surface area contributed by atoms with Crippen molar-refractivity contribution in [1.29, 1.82) is 0 Å². The van der Waals surface area contributed by atoms with Crippen molar-refractivity contribution in [2.75, 3.05) is 30.3 Å². The third-order valence-corrected chi connectivity index (χ3v) is 7.73. The number of H-pyrrole nitrogens is 1. The lowest BCUT2D eigenvalue weighted by molar-refractivity contribution is 0.168. The second kappa shape index (κ2) is 12.6. The van der Waals surface area contributed by atoms with Crippen molar-refractivity contribution in [3.63, 3.8) is 0 Å². The smallest absolute Gasteiger partial charge is 0.232 e. The highest BCUT2D eigenvalue weighted by Crippen LogP contribution is 2.36. The summed E-state index contributed by atoms with van der Waals surface area (Å²) in [6, 6.07) is 28.0. The third kappa shape index (κ3) is 6.51. The van der Waals surface area contributed by atoms with Crippen molar-refractivity contribution in [2.45, 2.75) is 12.6 Å². The zero-order valence-corrected chi connectivity index (χ0v) is 23.6. The van der Waals surface area contributed by atoms with Crippen molar-refractivity contribution in [3.05, 3.63) is 102 Å². The highest BCUT2D eigenvalue weighted by atomic mass is 35.5. The van der Waals surface area contributed by atoms with Crippen LogP contribution in [-0.4, -0.2) is 49.6 Å². The Bertz CT molecular complexity index is 1690. The van der Waals surface area contributed by atoms with Crippen LogP contribution in [0.4, 0.5) is 5.69 Å². The molecule has 210 valence electrons. The Balaban J connectivity index is 0.00000370. The van der Waals surface area contributed by atoms with Gasteiger partial charge in [0.05, 0.1) is 30.1 Å². The molecule has 1 aromatic heterocycles. The van der Waals surface area contributed by atoms with E-state index in [0.29, 0.717) is 13.2 Å². The number of nitrogens with zero attached hydrogens (tertiary/aromatic N) is 1. The number of rotatable bonds is 11. The molecule has 0 radical (unpaired) electrons. The van der Waals surface area contributed by atoms with Gasteiger partial charge in [-0.3, -0.25) is 4.31 Å². The Morgan fingerprint density at radius 2 is 1.65 bits per heavy atom. The van der Waals surface area contributed by atoms with Gasteiger partial charge in [0.15, 0.2) is 0 Å². The summed E-state index contributed by atoms with van der Waals surface area (Å²) in [5.41, 5.74) is 3.22. The first-order valence-corrected chi connectivity index (χ1v) is 14.5. The number of para-hydroxylation sites is 2. The topological polar surface area (TPSA) is 115 Å². The molecule has 1 unspecified atom stereocenters. The summed E-state index contributed by atoms with van der Waals surface area (Å²) < 4.78 is 32.2. The lowest BCUT2D eigenvalue weighted by Gasteiger charge is -2.25. The van der Waals surface area contributed by atoms with Gasteiger partial charge >= 0.3 is 0 Å². The van der Waals surface area contributed by atoms with Gasteiger partial charge in [-0.05, 0) is 29.8 Å². The molecule has 0 spiro atoms. The predicted molar refractivity (Wildman–Crippen MR) is 162 cm³/mol. The van der Waals surface area contributed by atoms with E-state index in [1.54, 1.807) is 12.1 Å². The van der Waals surface area contributed by atoms with Gasteiger partial charge in [-0.25, -0.2) is 8.42 Å². The van der Waals surface area contributed by atoms with Gasteiger partial charge in [0, 0.05) is 41.0 Å². The van der Waals surface area contributed by atoms with Crippen molar-refractivity contribution >= 4 is 49.9 Å². The van der Waals surface area contributed by atoms with Gasteiger partial charge in [0.1, 0.15) is 18.1 Å². The molecule has 1 atom stereocenters. The Kier molecular flexibility index (Phi) is 9.21. The monoisotopic (exact) mass is 581 g/mol. The number of anilines is 1. The zero-order chi connectivity index (χ0) is 27.4. The van der Waals surface area contributed by atoms with Crippen LogP contribution in [0.1, 0.15) is 17.2 Å². The Morgan fingerprint density at radius 1 is 0.925 bits per heavy atom. The van der Waals surface area contributed by atoms with Gasteiger partial charge in [-0.1, -0.05) is 60.7 Å². The number of aromatic nitrogens is 1. The van der Waals surface area contributed by atoms with Crippen LogP contribution in [0.3, 0.4) is 0 Å². The molecule has 0 bridgehead atoms. The summed E-state index contributed by atoms with van der Waals surface area (Å²) in [6.07, 6.45) is 0.0430. The van der Waals surface area contributed by atoms with E-state index in [2.05, 4.69) is 16.4 Å². The molecular weight excluding hydrogens is 550 g/mol. The normalized spacial score (nSPS) is 12.2. The highest BCUT2D eigenvalue weighted by Gasteiger charge is 2.24. The van der Waals surface area contributed by atoms with Gasteiger partial charge in [0.2, 0.25) is 10.0 Å². The van der Waals surface area contributed by atoms with Crippen molar-refractivity contribution in [3.8, 4) is 11.5 Å². The van der Waals surface area contributed by atoms with Gasteiger partial charge in [-0.15, -0.1) is 12.4 Å². The lowest BCUT2D eigenvalue weighted by atomic mass is 10.1. The van der Waals surface area contributed by atoms with E-state index in [0.717, 1.165) is 38.3 Å². The zero-order valence-electron chi connectivity index (χ0n) is 21.9. The lowest BCUT2D eigenvalue weighted by Crippen LogP contribution is -2.30. The molecule has 4 aromatic carbocycles. The maximum atomic E-state index is 12.6. The second-order valence-electron chi connectivity index (χ2n) is 9.42. The first kappa shape index (κ1) is 29.2. The molecule has 1 heterocycles. The number of halogens is 1. The average Bonchev–Trinajstić information content (AvgIpc) is 3.29. The SMILES string of the molecule is CS(=O)(=O)N(Cc1ccccc1)c1cccc(C(O)CNCCOc2ccc3c(c2)[nH]c2ccccc23)c1O.Cl. The largest absolute Gasteiger partial charge is 0.505 e. The number of ether oxygens (including phenoxy) is 1. The first-order valence-electron chi connectivity index (χ1n) is 12.7. The standard InChI is InChI=1S/C30H31N3O5S.ClH/c1-39(36,37)33(20-21-8-3-2-4-9-21)28-13-7-11-25(30(28)35)29(34)19-31-16-17-38-22-14-15-24-23-10-5-6-12-26(23)32-27(24)18-22;/h2-15,18,29,31-32,34-35H,16-17,19-20H2,1H3;1H. The number of phenolic OH excluding ortho intramolecular Hbond substituents is 1. The number of aliphatic hydroxyl groups excluding tert-OH is 1. The minimum Gasteiger partial charge on any atom is -0.505 e. The van der Waals surface area contributed by atoms with Gasteiger partial charge in [-0.2, -0.15) is 0 Å². The average molecular weight is 582 g/mol. The van der Waals surface area contributed by atoms with E-state index in [1.807, 2.05) is 66.7 Å². The maximum Gasteiger partial charge on any atom is 0.232 e. The molecule has 40 heavy (non-hydrogen) atoms. The van der Waals surface area contributed by atoms with E-state index >= 15 is 0 Å². The van der Waals surface area contributed by atoms with E-state index in [9.17, 15) is 18.6 Å². The van der Waals surface area contributed by atoms with Crippen LogP contribution in [0, 0.1) is 0 Å². The molecule has 5 aromatic rings. The van der Waals surface area contributed by atoms with Crippen molar-refractivity contribution in [1.82, 2.24) is 10.3 Å². The fourth-order valence-corrected chi connectivity index (χ4v) is 5.55. The number of nitrogens with one attached hydrogen (secondary N) is 2. The molecule has 8 nitrogen and oxygen atoms in total. The minimum atomic E-state index is -3.70. The Labute approximate surface area is 239 Å². The summed E-state index contributed by atoms with van der Waals surface area (Å²) in [5.74, 6) is 0.470. The molecule has 0 saturated heterocycles. The molecule has 0 aliphatic heterocycles. The number of aliphatic hydroxyl groups is 1.